The third-order valence-corrected chi connectivity index (χ3v) is 2.30. The quantitative estimate of drug-likeness (QED) is 0.783. The van der Waals surface area contributed by atoms with E-state index in [2.05, 4.69) is 21.1 Å². The van der Waals surface area contributed by atoms with Crippen molar-refractivity contribution in [2.45, 2.75) is 13.3 Å². The fourth-order valence-electron chi connectivity index (χ4n) is 1.52. The topological polar surface area (TPSA) is 47.9 Å². The Kier molecular flexibility index (Phi) is 3.10. The third kappa shape index (κ3) is 1.86. The highest BCUT2D eigenvalue weighted by Gasteiger charge is 2.11. The van der Waals surface area contributed by atoms with E-state index >= 15 is 0 Å². The molecule has 4 nitrogen and oxygen atoms in total. The first kappa shape index (κ1) is 10.5. The van der Waals surface area contributed by atoms with Gasteiger partial charge in [0.2, 0.25) is 0 Å². The number of aryl methyl sites for hydroxylation is 1. The second kappa shape index (κ2) is 4.70. The molecule has 2 aromatic heterocycles. The maximum atomic E-state index is 5.26. The van der Waals surface area contributed by atoms with Crippen LogP contribution in [0.2, 0.25) is 0 Å². The van der Waals surface area contributed by atoms with Crippen molar-refractivity contribution in [3.63, 3.8) is 0 Å². The van der Waals surface area contributed by atoms with E-state index in [0.717, 1.165) is 23.4 Å². The maximum absolute atomic E-state index is 5.26. The number of nitrogens with zero attached hydrogens (tertiary/aromatic N) is 3. The molecule has 0 bridgehead atoms. The molecule has 0 amide bonds. The van der Waals surface area contributed by atoms with Gasteiger partial charge in [0.25, 0.3) is 0 Å². The smallest absolute Gasteiger partial charge is 0.145 e. The molecule has 0 N–H and O–H groups in total. The minimum atomic E-state index is 0.711. The van der Waals surface area contributed by atoms with Gasteiger partial charge in [-0.2, -0.15) is 0 Å². The molecule has 2 aromatic rings. The summed E-state index contributed by atoms with van der Waals surface area (Å²) in [6.07, 6.45) is 6.96. The van der Waals surface area contributed by atoms with Crippen LogP contribution in [-0.2, 0) is 6.42 Å². The van der Waals surface area contributed by atoms with Gasteiger partial charge in [-0.3, -0.25) is 4.98 Å². The van der Waals surface area contributed by atoms with Crippen LogP contribution in [0.15, 0.2) is 24.7 Å². The van der Waals surface area contributed by atoms with E-state index in [-0.39, 0.29) is 0 Å². The summed E-state index contributed by atoms with van der Waals surface area (Å²) in [5.74, 6) is 0.711. The Morgan fingerprint density at radius 2 is 2.25 bits per heavy atom. The molecule has 81 valence electrons. The lowest BCUT2D eigenvalue weighted by atomic mass is 10.1. The first-order valence-corrected chi connectivity index (χ1v) is 5.07. The van der Waals surface area contributed by atoms with E-state index in [4.69, 9.17) is 4.74 Å². The molecule has 0 spiro atoms. The van der Waals surface area contributed by atoms with Crippen molar-refractivity contribution in [2.24, 2.45) is 0 Å². The summed E-state index contributed by atoms with van der Waals surface area (Å²) in [4.78, 5) is 12.4. The Hall–Kier alpha value is -1.97. The van der Waals surface area contributed by atoms with Crippen LogP contribution in [0.4, 0.5) is 0 Å². The van der Waals surface area contributed by atoms with Crippen molar-refractivity contribution >= 4 is 0 Å². The van der Waals surface area contributed by atoms with E-state index in [1.165, 1.54) is 6.33 Å². The first-order valence-electron chi connectivity index (χ1n) is 5.07. The van der Waals surface area contributed by atoms with Crippen LogP contribution in [0, 0.1) is 6.20 Å². The highest BCUT2D eigenvalue weighted by atomic mass is 16.5. The fourth-order valence-corrected chi connectivity index (χ4v) is 1.52. The Morgan fingerprint density at radius 1 is 1.38 bits per heavy atom. The zero-order valence-corrected chi connectivity index (χ0v) is 9.27. The van der Waals surface area contributed by atoms with Crippen molar-refractivity contribution in [2.75, 3.05) is 7.11 Å². The minimum absolute atomic E-state index is 0.711. The van der Waals surface area contributed by atoms with Gasteiger partial charge in [-0.05, 0) is 18.6 Å². The summed E-state index contributed by atoms with van der Waals surface area (Å²) in [5.41, 5.74) is 2.47. The van der Waals surface area contributed by atoms with E-state index in [1.807, 2.05) is 19.1 Å². The van der Waals surface area contributed by atoms with Gasteiger partial charge in [-0.15, -0.1) is 0 Å². The van der Waals surface area contributed by atoms with Crippen molar-refractivity contribution in [1.29, 1.82) is 0 Å². The molecular weight excluding hydrogens is 202 g/mol. The van der Waals surface area contributed by atoms with Crippen LogP contribution in [0.5, 0.6) is 5.75 Å². The number of hydrogen-bond donors (Lipinski definition) is 0. The van der Waals surface area contributed by atoms with Crippen LogP contribution in [-0.4, -0.2) is 22.1 Å². The average Bonchev–Trinajstić information content (AvgIpc) is 2.38. The summed E-state index contributed by atoms with van der Waals surface area (Å²) in [5, 5.41) is 0. The molecule has 0 aromatic carbocycles. The summed E-state index contributed by atoms with van der Waals surface area (Å²) in [6.45, 7) is 2.04. The van der Waals surface area contributed by atoms with Crippen molar-refractivity contribution in [3.05, 3.63) is 36.5 Å². The largest absolute Gasteiger partial charge is 0.494 e. The molecule has 0 atom stereocenters. The lowest BCUT2D eigenvalue weighted by Gasteiger charge is -2.08. The second-order valence-electron chi connectivity index (χ2n) is 3.21. The van der Waals surface area contributed by atoms with Gasteiger partial charge in [-0.1, -0.05) is 6.92 Å². The summed E-state index contributed by atoms with van der Waals surface area (Å²) < 4.78 is 5.26. The van der Waals surface area contributed by atoms with Gasteiger partial charge in [0.15, 0.2) is 0 Å². The molecular formula is C12H12N3O. The number of hydrogen-bond acceptors (Lipinski definition) is 4. The average molecular weight is 214 g/mol. The van der Waals surface area contributed by atoms with E-state index in [1.54, 1.807) is 13.3 Å². The Bertz CT molecular complexity index is 440. The molecule has 0 saturated heterocycles. The molecule has 0 fully saturated rings. The Morgan fingerprint density at radius 3 is 3.00 bits per heavy atom. The second-order valence-corrected chi connectivity index (χ2v) is 3.21. The molecule has 2 heterocycles. The number of ether oxygens (including phenoxy) is 1. The Labute approximate surface area is 94.4 Å². The summed E-state index contributed by atoms with van der Waals surface area (Å²) >= 11 is 0. The SMILES string of the molecule is CCc1ncn[c]c1-c1ncccc1OC. The van der Waals surface area contributed by atoms with Gasteiger partial charge >= 0.3 is 0 Å². The predicted octanol–water partition coefficient (Wildman–Crippen LogP) is 1.91. The van der Waals surface area contributed by atoms with Crippen LogP contribution < -0.4 is 4.74 Å². The van der Waals surface area contributed by atoms with Crippen LogP contribution >= 0.6 is 0 Å². The standard InChI is InChI=1S/C12H12N3O/c1-3-10-9(7-13-8-15-10)12-11(16-2)5-4-6-14-12/h4-6,8H,3H2,1-2H3. The zero-order chi connectivity index (χ0) is 11.4. The molecule has 1 radical (unpaired) electrons. The van der Waals surface area contributed by atoms with Crippen molar-refractivity contribution < 1.29 is 4.74 Å². The van der Waals surface area contributed by atoms with Gasteiger partial charge < -0.3 is 4.74 Å². The molecule has 16 heavy (non-hydrogen) atoms. The molecule has 0 unspecified atom stereocenters. The van der Waals surface area contributed by atoms with Gasteiger partial charge in [0.1, 0.15) is 24.0 Å². The normalized spacial score (nSPS) is 10.1. The van der Waals surface area contributed by atoms with Gasteiger partial charge in [0, 0.05) is 6.20 Å². The molecule has 2 rings (SSSR count). The number of rotatable bonds is 3. The van der Waals surface area contributed by atoms with Gasteiger partial charge in [-0.25, -0.2) is 9.97 Å². The highest BCUT2D eigenvalue weighted by Crippen LogP contribution is 2.28. The van der Waals surface area contributed by atoms with Crippen LogP contribution in [0.1, 0.15) is 12.6 Å². The van der Waals surface area contributed by atoms with Crippen LogP contribution in [0.25, 0.3) is 11.3 Å². The number of methoxy groups -OCH3 is 1. The fraction of sp³-hybridized carbons (Fsp3) is 0.250. The van der Waals surface area contributed by atoms with Crippen molar-refractivity contribution in [3.8, 4) is 17.0 Å². The van der Waals surface area contributed by atoms with E-state index < -0.39 is 0 Å². The summed E-state index contributed by atoms with van der Waals surface area (Å²) in [6, 6.07) is 3.69. The minimum Gasteiger partial charge on any atom is -0.494 e. The maximum Gasteiger partial charge on any atom is 0.145 e. The third-order valence-electron chi connectivity index (χ3n) is 2.30. The zero-order valence-electron chi connectivity index (χ0n) is 9.27. The lowest BCUT2D eigenvalue weighted by molar-refractivity contribution is 0.414. The van der Waals surface area contributed by atoms with Crippen molar-refractivity contribution in [1.82, 2.24) is 15.0 Å². The Balaban J connectivity index is 2.58. The van der Waals surface area contributed by atoms with E-state index in [0.29, 0.717) is 5.75 Å². The molecule has 0 aliphatic rings. The summed E-state index contributed by atoms with van der Waals surface area (Å²) in [7, 11) is 1.62. The first-order chi connectivity index (χ1) is 7.86. The lowest BCUT2D eigenvalue weighted by Crippen LogP contribution is -1.97. The monoisotopic (exact) mass is 214 g/mol. The molecule has 0 aliphatic heterocycles. The number of aromatic nitrogens is 3. The number of pyridine rings is 1. The van der Waals surface area contributed by atoms with Gasteiger partial charge in [0.05, 0.1) is 18.4 Å². The molecule has 4 heteroatoms. The predicted molar refractivity (Wildman–Crippen MR) is 60.0 cm³/mol. The van der Waals surface area contributed by atoms with Crippen LogP contribution in [0.3, 0.4) is 0 Å². The van der Waals surface area contributed by atoms with E-state index in [9.17, 15) is 0 Å². The molecule has 0 saturated carbocycles. The highest BCUT2D eigenvalue weighted by molar-refractivity contribution is 5.66. The molecule has 0 aliphatic carbocycles.